The van der Waals surface area contributed by atoms with Crippen molar-refractivity contribution < 1.29 is 17.6 Å². The lowest BCUT2D eigenvalue weighted by Gasteiger charge is -2.12. The summed E-state index contributed by atoms with van der Waals surface area (Å²) in [5.74, 6) is 0.757. The van der Waals surface area contributed by atoms with Crippen LogP contribution in [0.15, 0.2) is 83.3 Å². The first-order chi connectivity index (χ1) is 14.4. The molecule has 2 aromatic heterocycles. The van der Waals surface area contributed by atoms with E-state index in [4.69, 9.17) is 4.42 Å². The summed E-state index contributed by atoms with van der Waals surface area (Å²) in [7, 11) is 0. The fourth-order valence-corrected chi connectivity index (χ4v) is 4.08. The second kappa shape index (κ2) is 6.80. The van der Waals surface area contributed by atoms with Gasteiger partial charge >= 0.3 is 6.18 Å². The molecule has 3 aromatic carbocycles. The first-order valence-electron chi connectivity index (χ1n) is 9.65. The lowest BCUT2D eigenvalue weighted by Crippen LogP contribution is -2.07. The third kappa shape index (κ3) is 3.07. The Kier molecular flexibility index (Phi) is 4.21. The molecule has 0 saturated heterocycles. The summed E-state index contributed by atoms with van der Waals surface area (Å²) >= 11 is 0. The minimum atomic E-state index is -4.36. The van der Waals surface area contributed by atoms with Gasteiger partial charge in [-0.15, -0.1) is 0 Å². The molecule has 150 valence electrons. The number of hydrogen-bond acceptors (Lipinski definition) is 1. The highest BCUT2D eigenvalue weighted by Crippen LogP contribution is 2.38. The van der Waals surface area contributed by atoms with E-state index in [1.165, 1.54) is 12.1 Å². The molecule has 2 nitrogen and oxygen atoms in total. The van der Waals surface area contributed by atoms with Crippen molar-refractivity contribution in [2.45, 2.75) is 19.6 Å². The average Bonchev–Trinajstić information content (AvgIpc) is 3.26. The lowest BCUT2D eigenvalue weighted by molar-refractivity contribution is -0.137. The number of halogens is 3. The minimum Gasteiger partial charge on any atom is -0.456 e. The predicted molar refractivity (Wildman–Crippen MR) is 112 cm³/mol. The molecule has 5 rings (SSSR count). The van der Waals surface area contributed by atoms with Gasteiger partial charge in [0.2, 0.25) is 0 Å². The first-order valence-corrected chi connectivity index (χ1v) is 9.65. The number of alkyl halides is 3. The number of para-hydroxylation sites is 2. The molecule has 0 spiro atoms. The largest absolute Gasteiger partial charge is 0.456 e. The Morgan fingerprint density at radius 3 is 2.43 bits per heavy atom. The number of furan rings is 1. The second-order valence-corrected chi connectivity index (χ2v) is 7.41. The molecule has 0 fully saturated rings. The highest BCUT2D eigenvalue weighted by Gasteiger charge is 2.30. The monoisotopic (exact) mass is 405 g/mol. The number of aromatic nitrogens is 1. The number of nitrogens with zero attached hydrogens (tertiary/aromatic N) is 1. The molecule has 2 heterocycles. The Morgan fingerprint density at radius 2 is 1.63 bits per heavy atom. The summed E-state index contributed by atoms with van der Waals surface area (Å²) in [6.07, 6.45) is -4.36. The summed E-state index contributed by atoms with van der Waals surface area (Å²) in [4.78, 5) is 0. The fourth-order valence-electron chi connectivity index (χ4n) is 4.08. The van der Waals surface area contributed by atoms with Crippen molar-refractivity contribution in [1.82, 2.24) is 4.57 Å². The second-order valence-electron chi connectivity index (χ2n) is 7.41. The van der Waals surface area contributed by atoms with Crippen molar-refractivity contribution in [3.05, 3.63) is 95.7 Å². The number of rotatable bonds is 3. The van der Waals surface area contributed by atoms with Gasteiger partial charge in [0, 0.05) is 34.1 Å². The van der Waals surface area contributed by atoms with E-state index in [9.17, 15) is 13.2 Å². The highest BCUT2D eigenvalue weighted by atomic mass is 19.4. The van der Waals surface area contributed by atoms with Gasteiger partial charge in [0.25, 0.3) is 0 Å². The fraction of sp³-hybridized carbons (Fsp3) is 0.120. The Bertz CT molecular complexity index is 1340. The smallest absolute Gasteiger partial charge is 0.416 e. The van der Waals surface area contributed by atoms with E-state index < -0.39 is 11.7 Å². The molecular formula is C25H18F3NO. The topological polar surface area (TPSA) is 18.1 Å². The van der Waals surface area contributed by atoms with E-state index in [0.717, 1.165) is 45.0 Å². The van der Waals surface area contributed by atoms with Gasteiger partial charge in [0.15, 0.2) is 0 Å². The third-order valence-electron chi connectivity index (χ3n) is 5.50. The van der Waals surface area contributed by atoms with Crippen LogP contribution >= 0.6 is 0 Å². The minimum absolute atomic E-state index is 0.344. The molecule has 0 aliphatic rings. The van der Waals surface area contributed by atoms with Crippen LogP contribution in [0.5, 0.6) is 0 Å². The molecule has 0 unspecified atom stereocenters. The summed E-state index contributed by atoms with van der Waals surface area (Å²) in [5, 5.41) is 2.03. The van der Waals surface area contributed by atoms with Gasteiger partial charge in [0.05, 0.1) is 5.56 Å². The van der Waals surface area contributed by atoms with Crippen molar-refractivity contribution in [1.29, 1.82) is 0 Å². The normalized spacial score (nSPS) is 12.1. The molecule has 30 heavy (non-hydrogen) atoms. The Morgan fingerprint density at radius 1 is 0.867 bits per heavy atom. The first kappa shape index (κ1) is 18.6. The van der Waals surface area contributed by atoms with Crippen molar-refractivity contribution in [3.8, 4) is 11.3 Å². The average molecular weight is 405 g/mol. The van der Waals surface area contributed by atoms with Crippen molar-refractivity contribution in [3.63, 3.8) is 0 Å². The van der Waals surface area contributed by atoms with E-state index in [-0.39, 0.29) is 0 Å². The zero-order valence-corrected chi connectivity index (χ0v) is 16.2. The van der Waals surface area contributed by atoms with E-state index in [1.54, 1.807) is 6.07 Å². The molecule has 0 aliphatic heterocycles. The number of hydrogen-bond donors (Lipinski definition) is 0. The van der Waals surface area contributed by atoms with Crippen LogP contribution in [0, 0.1) is 6.92 Å². The standard InChI is InChI=1S/C25H18F3NO/c1-16-24(23-14-18-8-2-5-12-22(18)30-23)20-10-3-4-11-21(20)29(16)15-17-7-6-9-19(13-17)25(26,27)28/h2-14H,15H2,1H3. The van der Waals surface area contributed by atoms with Gasteiger partial charge in [-0.05, 0) is 42.8 Å². The van der Waals surface area contributed by atoms with Gasteiger partial charge in [-0.3, -0.25) is 0 Å². The van der Waals surface area contributed by atoms with Crippen LogP contribution < -0.4 is 0 Å². The molecule has 0 aliphatic carbocycles. The van der Waals surface area contributed by atoms with Crippen LogP contribution in [-0.4, -0.2) is 4.57 Å². The van der Waals surface area contributed by atoms with Gasteiger partial charge in [-0.1, -0.05) is 48.5 Å². The maximum atomic E-state index is 13.1. The van der Waals surface area contributed by atoms with Gasteiger partial charge in [-0.25, -0.2) is 0 Å². The van der Waals surface area contributed by atoms with Gasteiger partial charge in [0.1, 0.15) is 11.3 Å². The molecule has 0 saturated carbocycles. The summed E-state index contributed by atoms with van der Waals surface area (Å²) < 4.78 is 47.6. The number of fused-ring (bicyclic) bond motifs is 2. The zero-order chi connectivity index (χ0) is 20.9. The molecule has 0 bridgehead atoms. The Labute approximate surface area is 171 Å². The molecule has 0 radical (unpaired) electrons. The van der Waals surface area contributed by atoms with Crippen LogP contribution in [0.3, 0.4) is 0 Å². The Hall–Kier alpha value is -3.47. The van der Waals surface area contributed by atoms with E-state index in [0.29, 0.717) is 12.1 Å². The SMILES string of the molecule is Cc1c(-c2cc3ccccc3o2)c2ccccc2n1Cc1cccc(C(F)(F)F)c1. The Balaban J connectivity index is 1.66. The van der Waals surface area contributed by atoms with Crippen LogP contribution in [0.4, 0.5) is 13.2 Å². The quantitative estimate of drug-likeness (QED) is 0.305. The van der Waals surface area contributed by atoms with Crippen molar-refractivity contribution in [2.24, 2.45) is 0 Å². The lowest BCUT2D eigenvalue weighted by atomic mass is 10.1. The van der Waals surface area contributed by atoms with Crippen LogP contribution in [0.25, 0.3) is 33.2 Å². The molecule has 5 heteroatoms. The molecule has 0 atom stereocenters. The summed E-state index contributed by atoms with van der Waals surface area (Å²) in [6, 6.07) is 23.2. The van der Waals surface area contributed by atoms with Crippen LogP contribution in [-0.2, 0) is 12.7 Å². The molecule has 5 aromatic rings. The molecule has 0 N–H and O–H groups in total. The number of benzene rings is 3. The summed E-state index contributed by atoms with van der Waals surface area (Å²) in [6.45, 7) is 2.33. The van der Waals surface area contributed by atoms with E-state index in [1.807, 2.05) is 66.1 Å². The van der Waals surface area contributed by atoms with Crippen molar-refractivity contribution in [2.75, 3.05) is 0 Å². The van der Waals surface area contributed by atoms with Crippen molar-refractivity contribution >= 4 is 21.9 Å². The van der Waals surface area contributed by atoms with Gasteiger partial charge in [-0.2, -0.15) is 13.2 Å². The van der Waals surface area contributed by atoms with Crippen LogP contribution in [0.1, 0.15) is 16.8 Å². The maximum Gasteiger partial charge on any atom is 0.416 e. The van der Waals surface area contributed by atoms with Gasteiger partial charge < -0.3 is 8.98 Å². The highest BCUT2D eigenvalue weighted by molar-refractivity contribution is 5.98. The molecular weight excluding hydrogens is 387 g/mol. The van der Waals surface area contributed by atoms with Crippen LogP contribution in [0.2, 0.25) is 0 Å². The van der Waals surface area contributed by atoms with E-state index in [2.05, 4.69) is 0 Å². The maximum absolute atomic E-state index is 13.1. The summed E-state index contributed by atoms with van der Waals surface area (Å²) in [5.41, 5.74) is 3.65. The van der Waals surface area contributed by atoms with E-state index >= 15 is 0 Å². The predicted octanol–water partition coefficient (Wildman–Crippen LogP) is 7.43. The third-order valence-corrected chi connectivity index (χ3v) is 5.50. The molecule has 0 amide bonds. The zero-order valence-electron chi connectivity index (χ0n) is 16.2.